The second-order valence-corrected chi connectivity index (χ2v) is 9.44. The molecule has 0 saturated heterocycles. The zero-order valence-electron chi connectivity index (χ0n) is 20.5. The van der Waals surface area contributed by atoms with Gasteiger partial charge in [0.1, 0.15) is 5.82 Å². The SMILES string of the molecule is CCOC(=O)c1cccc(NC(=S)N[C@H]2CC[C@@H](Nc3cc(N(C)C)c4ccccc4n3)CC2)c1. The summed E-state index contributed by atoms with van der Waals surface area (Å²) in [6.07, 6.45) is 4.09. The fourth-order valence-electron chi connectivity index (χ4n) is 4.48. The van der Waals surface area contributed by atoms with E-state index >= 15 is 0 Å². The van der Waals surface area contributed by atoms with E-state index in [0.717, 1.165) is 53.8 Å². The van der Waals surface area contributed by atoms with Crippen molar-refractivity contribution >= 4 is 51.4 Å². The molecule has 1 aliphatic carbocycles. The van der Waals surface area contributed by atoms with Crippen LogP contribution in [0.4, 0.5) is 17.2 Å². The first kappa shape index (κ1) is 24.7. The molecule has 3 N–H and O–H groups in total. The Kier molecular flexibility index (Phi) is 8.02. The number of para-hydroxylation sites is 1. The molecule has 0 unspecified atom stereocenters. The first-order valence-electron chi connectivity index (χ1n) is 12.1. The molecular weight excluding hydrogens is 458 g/mol. The molecule has 184 valence electrons. The number of benzene rings is 2. The Morgan fingerprint density at radius 1 is 1.06 bits per heavy atom. The second kappa shape index (κ2) is 11.4. The number of pyridine rings is 1. The van der Waals surface area contributed by atoms with Gasteiger partial charge in [-0.1, -0.05) is 24.3 Å². The maximum atomic E-state index is 12.0. The van der Waals surface area contributed by atoms with Crippen LogP contribution in [0.1, 0.15) is 43.0 Å². The van der Waals surface area contributed by atoms with E-state index < -0.39 is 0 Å². The van der Waals surface area contributed by atoms with E-state index in [-0.39, 0.29) is 5.97 Å². The molecule has 1 fully saturated rings. The minimum absolute atomic E-state index is 0.309. The lowest BCUT2D eigenvalue weighted by Gasteiger charge is -2.31. The van der Waals surface area contributed by atoms with Crippen molar-refractivity contribution in [3.63, 3.8) is 0 Å². The van der Waals surface area contributed by atoms with Crippen molar-refractivity contribution in [2.45, 2.75) is 44.7 Å². The van der Waals surface area contributed by atoms with Crippen LogP contribution in [0.25, 0.3) is 10.9 Å². The molecule has 0 aliphatic heterocycles. The van der Waals surface area contributed by atoms with Crippen LogP contribution in [0.5, 0.6) is 0 Å². The largest absolute Gasteiger partial charge is 0.462 e. The molecule has 0 amide bonds. The third-order valence-corrected chi connectivity index (χ3v) is 6.44. The smallest absolute Gasteiger partial charge is 0.338 e. The molecule has 8 heteroatoms. The molecule has 35 heavy (non-hydrogen) atoms. The van der Waals surface area contributed by atoms with Gasteiger partial charge < -0.3 is 25.6 Å². The molecule has 0 radical (unpaired) electrons. The van der Waals surface area contributed by atoms with E-state index in [4.69, 9.17) is 21.9 Å². The van der Waals surface area contributed by atoms with Crippen LogP contribution in [0, 0.1) is 0 Å². The lowest BCUT2D eigenvalue weighted by molar-refractivity contribution is 0.0526. The monoisotopic (exact) mass is 491 g/mol. The zero-order valence-corrected chi connectivity index (χ0v) is 21.3. The van der Waals surface area contributed by atoms with E-state index in [2.05, 4.69) is 59.2 Å². The van der Waals surface area contributed by atoms with E-state index in [0.29, 0.717) is 29.4 Å². The number of carbonyl (C=O) groups excluding carboxylic acids is 1. The summed E-state index contributed by atoms with van der Waals surface area (Å²) >= 11 is 5.53. The van der Waals surface area contributed by atoms with Crippen LogP contribution in [0.3, 0.4) is 0 Å². The third kappa shape index (κ3) is 6.39. The number of anilines is 3. The molecule has 7 nitrogen and oxygen atoms in total. The topological polar surface area (TPSA) is 78.5 Å². The number of esters is 1. The van der Waals surface area contributed by atoms with Crippen LogP contribution in [0.15, 0.2) is 54.6 Å². The Balaban J connectivity index is 1.30. The molecule has 4 rings (SSSR count). The summed E-state index contributed by atoms with van der Waals surface area (Å²) in [6.45, 7) is 2.14. The van der Waals surface area contributed by atoms with Crippen molar-refractivity contribution < 1.29 is 9.53 Å². The van der Waals surface area contributed by atoms with Gasteiger partial charge in [0.25, 0.3) is 0 Å². The molecule has 0 spiro atoms. The number of thiocarbonyl (C=S) groups is 1. The number of ether oxygens (including phenoxy) is 1. The molecule has 0 atom stereocenters. The molecule has 2 aromatic carbocycles. The van der Waals surface area contributed by atoms with Crippen LogP contribution in [0.2, 0.25) is 0 Å². The number of nitrogens with zero attached hydrogens (tertiary/aromatic N) is 2. The summed E-state index contributed by atoms with van der Waals surface area (Å²) in [5, 5.41) is 12.0. The Hall–Kier alpha value is -3.39. The summed E-state index contributed by atoms with van der Waals surface area (Å²) in [7, 11) is 4.12. The average molecular weight is 492 g/mol. The van der Waals surface area contributed by atoms with E-state index in [1.807, 2.05) is 18.2 Å². The van der Waals surface area contributed by atoms with Crippen LogP contribution >= 0.6 is 12.2 Å². The quantitative estimate of drug-likeness (QED) is 0.308. The number of hydrogen-bond acceptors (Lipinski definition) is 6. The fraction of sp³-hybridized carbons (Fsp3) is 0.370. The van der Waals surface area contributed by atoms with Crippen molar-refractivity contribution in [2.75, 3.05) is 36.2 Å². The number of fused-ring (bicyclic) bond motifs is 1. The normalized spacial score (nSPS) is 17.5. The highest BCUT2D eigenvalue weighted by atomic mass is 32.1. The summed E-state index contributed by atoms with van der Waals surface area (Å²) in [5.74, 6) is 0.585. The predicted octanol–water partition coefficient (Wildman–Crippen LogP) is 5.19. The lowest BCUT2D eigenvalue weighted by Crippen LogP contribution is -2.42. The number of carbonyl (C=O) groups is 1. The molecular formula is C27H33N5O2S. The second-order valence-electron chi connectivity index (χ2n) is 9.03. The van der Waals surface area contributed by atoms with Gasteiger partial charge in [-0.2, -0.15) is 0 Å². The van der Waals surface area contributed by atoms with Crippen LogP contribution < -0.4 is 20.9 Å². The molecule has 1 saturated carbocycles. The lowest BCUT2D eigenvalue weighted by atomic mass is 9.91. The molecule has 1 aromatic heterocycles. The highest BCUT2D eigenvalue weighted by Gasteiger charge is 2.22. The van der Waals surface area contributed by atoms with Gasteiger partial charge in [0, 0.05) is 49.0 Å². The molecule has 0 bridgehead atoms. The number of hydrogen-bond donors (Lipinski definition) is 3. The van der Waals surface area contributed by atoms with Crippen molar-refractivity contribution in [2.24, 2.45) is 0 Å². The van der Waals surface area contributed by atoms with Crippen LogP contribution in [-0.4, -0.2) is 48.9 Å². The van der Waals surface area contributed by atoms with Gasteiger partial charge in [-0.15, -0.1) is 0 Å². The molecule has 1 aliphatic rings. The molecule has 1 heterocycles. The van der Waals surface area contributed by atoms with Gasteiger partial charge >= 0.3 is 5.97 Å². The summed E-state index contributed by atoms with van der Waals surface area (Å²) in [4.78, 5) is 18.9. The van der Waals surface area contributed by atoms with Gasteiger partial charge in [-0.05, 0) is 69.1 Å². The van der Waals surface area contributed by atoms with Crippen molar-refractivity contribution in [1.82, 2.24) is 10.3 Å². The minimum Gasteiger partial charge on any atom is -0.462 e. The predicted molar refractivity (Wildman–Crippen MR) is 147 cm³/mol. The highest BCUT2D eigenvalue weighted by Crippen LogP contribution is 2.29. The first-order valence-corrected chi connectivity index (χ1v) is 12.5. The standard InChI is InChI=1S/C27H33N5O2S/c1-4-34-26(33)18-8-7-9-21(16-18)30-27(35)29-20-14-12-19(13-15-20)28-25-17-24(32(2)3)22-10-5-6-11-23(22)31-25/h5-11,16-17,19-20H,4,12-15H2,1-3H3,(H,28,31)(H2,29,30,35)/t19-,20+. The van der Waals surface area contributed by atoms with Crippen LogP contribution in [-0.2, 0) is 4.74 Å². The number of nitrogens with one attached hydrogen (secondary N) is 3. The Morgan fingerprint density at radius 2 is 1.80 bits per heavy atom. The highest BCUT2D eigenvalue weighted by molar-refractivity contribution is 7.80. The summed E-state index contributed by atoms with van der Waals surface area (Å²) < 4.78 is 5.07. The van der Waals surface area contributed by atoms with Gasteiger partial charge in [0.2, 0.25) is 0 Å². The van der Waals surface area contributed by atoms with Crippen molar-refractivity contribution in [3.8, 4) is 0 Å². The molecule has 3 aromatic rings. The Morgan fingerprint density at radius 3 is 2.54 bits per heavy atom. The number of rotatable bonds is 7. The Bertz CT molecular complexity index is 1190. The van der Waals surface area contributed by atoms with E-state index in [1.165, 1.54) is 0 Å². The van der Waals surface area contributed by atoms with Gasteiger partial charge in [0.15, 0.2) is 5.11 Å². The minimum atomic E-state index is -0.334. The zero-order chi connectivity index (χ0) is 24.8. The van der Waals surface area contributed by atoms with Crippen molar-refractivity contribution in [3.05, 3.63) is 60.2 Å². The summed E-state index contributed by atoms with van der Waals surface area (Å²) in [5.41, 5.74) is 3.44. The Labute approximate surface area is 212 Å². The van der Waals surface area contributed by atoms with E-state index in [1.54, 1.807) is 19.1 Å². The first-order chi connectivity index (χ1) is 16.9. The maximum Gasteiger partial charge on any atom is 0.338 e. The van der Waals surface area contributed by atoms with Gasteiger partial charge in [-0.3, -0.25) is 0 Å². The van der Waals surface area contributed by atoms with E-state index in [9.17, 15) is 4.79 Å². The summed E-state index contributed by atoms with van der Waals surface area (Å²) in [6, 6.07) is 18.3. The number of aromatic nitrogens is 1. The van der Waals surface area contributed by atoms with Gasteiger partial charge in [0.05, 0.1) is 17.7 Å². The third-order valence-electron chi connectivity index (χ3n) is 6.22. The van der Waals surface area contributed by atoms with Crippen molar-refractivity contribution in [1.29, 1.82) is 0 Å². The van der Waals surface area contributed by atoms with Gasteiger partial charge in [-0.25, -0.2) is 9.78 Å². The maximum absolute atomic E-state index is 12.0. The fourth-order valence-corrected chi connectivity index (χ4v) is 4.77. The average Bonchev–Trinajstić information content (AvgIpc) is 2.85.